The van der Waals surface area contributed by atoms with Crippen molar-refractivity contribution in [3.8, 4) is 6.07 Å². The van der Waals surface area contributed by atoms with Crippen LogP contribution in [0.1, 0.15) is 18.4 Å². The maximum atomic E-state index is 12.2. The van der Waals surface area contributed by atoms with Gasteiger partial charge in [-0.2, -0.15) is 5.26 Å². The molecule has 0 bridgehead atoms. The third kappa shape index (κ3) is 3.82. The summed E-state index contributed by atoms with van der Waals surface area (Å²) in [5.74, 6) is 0.0737. The van der Waals surface area contributed by atoms with Gasteiger partial charge in [-0.1, -0.05) is 30.3 Å². The Kier molecular flexibility index (Phi) is 5.14. The average molecular weight is 271 g/mol. The summed E-state index contributed by atoms with van der Waals surface area (Å²) in [5, 5.41) is 9.01. The zero-order chi connectivity index (χ0) is 14.4. The number of nitriles is 1. The molecule has 1 unspecified atom stereocenters. The number of carbonyl (C=O) groups excluding carboxylic acids is 1. The van der Waals surface area contributed by atoms with E-state index >= 15 is 0 Å². The number of likely N-dealkylation sites (N-methyl/N-ethyl adjacent to an activating group) is 1. The standard InChI is InChI=1S/C16H21N3O/c1-18(11-9-14-6-3-2-4-7-14)13-16(20)19-10-5-8-15(19)12-17/h2-4,6-7,15H,5,8-11,13H2,1H3. The Hall–Kier alpha value is -1.86. The second kappa shape index (κ2) is 7.06. The van der Waals surface area contributed by atoms with Crippen molar-refractivity contribution in [3.05, 3.63) is 35.9 Å². The van der Waals surface area contributed by atoms with E-state index in [0.29, 0.717) is 6.54 Å². The zero-order valence-electron chi connectivity index (χ0n) is 12.0. The lowest BCUT2D eigenvalue weighted by molar-refractivity contribution is -0.132. The van der Waals surface area contributed by atoms with E-state index in [1.165, 1.54) is 5.56 Å². The summed E-state index contributed by atoms with van der Waals surface area (Å²) >= 11 is 0. The van der Waals surface area contributed by atoms with Crippen LogP contribution in [0, 0.1) is 11.3 Å². The molecule has 0 radical (unpaired) electrons. The van der Waals surface area contributed by atoms with E-state index in [-0.39, 0.29) is 11.9 Å². The number of hydrogen-bond acceptors (Lipinski definition) is 3. The Morgan fingerprint density at radius 3 is 2.90 bits per heavy atom. The molecular weight excluding hydrogens is 250 g/mol. The molecule has 1 heterocycles. The van der Waals surface area contributed by atoms with Crippen LogP contribution in [0.4, 0.5) is 0 Å². The molecule has 1 atom stereocenters. The van der Waals surface area contributed by atoms with Crippen LogP contribution in [0.3, 0.4) is 0 Å². The molecule has 2 rings (SSSR count). The van der Waals surface area contributed by atoms with Crippen molar-refractivity contribution in [3.63, 3.8) is 0 Å². The van der Waals surface area contributed by atoms with Gasteiger partial charge < -0.3 is 4.90 Å². The Labute approximate surface area is 120 Å². The molecular formula is C16H21N3O. The first-order valence-electron chi connectivity index (χ1n) is 7.12. The molecule has 0 spiro atoms. The van der Waals surface area contributed by atoms with Gasteiger partial charge in [0.2, 0.25) is 5.91 Å². The van der Waals surface area contributed by atoms with Crippen LogP contribution >= 0.6 is 0 Å². The normalized spacial score (nSPS) is 18.2. The van der Waals surface area contributed by atoms with Crippen molar-refractivity contribution in [1.29, 1.82) is 5.26 Å². The first-order chi connectivity index (χ1) is 9.70. The summed E-state index contributed by atoms with van der Waals surface area (Å²) in [5.41, 5.74) is 1.28. The molecule has 106 valence electrons. The molecule has 4 heteroatoms. The average Bonchev–Trinajstić information content (AvgIpc) is 2.95. The number of nitrogens with zero attached hydrogens (tertiary/aromatic N) is 3. The highest BCUT2D eigenvalue weighted by Crippen LogP contribution is 2.16. The topological polar surface area (TPSA) is 47.3 Å². The fourth-order valence-electron chi connectivity index (χ4n) is 2.56. The first-order valence-corrected chi connectivity index (χ1v) is 7.12. The van der Waals surface area contributed by atoms with Crippen LogP contribution in [0.25, 0.3) is 0 Å². The lowest BCUT2D eigenvalue weighted by Gasteiger charge is -2.23. The fourth-order valence-corrected chi connectivity index (χ4v) is 2.56. The molecule has 1 aromatic carbocycles. The molecule has 1 saturated heterocycles. The Bertz CT molecular complexity index is 480. The van der Waals surface area contributed by atoms with Crippen LogP contribution in [0.2, 0.25) is 0 Å². The van der Waals surface area contributed by atoms with Gasteiger partial charge in [0.25, 0.3) is 0 Å². The number of benzene rings is 1. The number of likely N-dealkylation sites (tertiary alicyclic amines) is 1. The SMILES string of the molecule is CN(CCc1ccccc1)CC(=O)N1CCCC1C#N. The lowest BCUT2D eigenvalue weighted by Crippen LogP contribution is -2.41. The smallest absolute Gasteiger partial charge is 0.237 e. The van der Waals surface area contributed by atoms with E-state index in [2.05, 4.69) is 18.2 Å². The van der Waals surface area contributed by atoms with E-state index in [0.717, 1.165) is 32.4 Å². The van der Waals surface area contributed by atoms with Crippen LogP contribution in [0.5, 0.6) is 0 Å². The first kappa shape index (κ1) is 14.5. The molecule has 1 aliphatic heterocycles. The molecule has 0 aliphatic carbocycles. The van der Waals surface area contributed by atoms with Gasteiger partial charge in [-0.3, -0.25) is 9.69 Å². The highest BCUT2D eigenvalue weighted by atomic mass is 16.2. The largest absolute Gasteiger partial charge is 0.326 e. The van der Waals surface area contributed by atoms with Gasteiger partial charge >= 0.3 is 0 Å². The summed E-state index contributed by atoms with van der Waals surface area (Å²) in [6.45, 7) is 1.97. The summed E-state index contributed by atoms with van der Waals surface area (Å²) in [7, 11) is 1.96. The molecule has 0 aromatic heterocycles. The Morgan fingerprint density at radius 2 is 2.20 bits per heavy atom. The van der Waals surface area contributed by atoms with Gasteiger partial charge in [-0.15, -0.1) is 0 Å². The van der Waals surface area contributed by atoms with Gasteiger partial charge in [-0.05, 0) is 31.9 Å². The van der Waals surface area contributed by atoms with E-state index in [1.54, 1.807) is 4.90 Å². The second-order valence-corrected chi connectivity index (χ2v) is 5.35. The van der Waals surface area contributed by atoms with Crippen LogP contribution < -0.4 is 0 Å². The van der Waals surface area contributed by atoms with Crippen molar-refractivity contribution in [2.45, 2.75) is 25.3 Å². The van der Waals surface area contributed by atoms with Crippen molar-refractivity contribution < 1.29 is 4.79 Å². The van der Waals surface area contributed by atoms with Crippen molar-refractivity contribution >= 4 is 5.91 Å². The maximum absolute atomic E-state index is 12.2. The summed E-state index contributed by atoms with van der Waals surface area (Å²) in [6, 6.07) is 12.3. The number of rotatable bonds is 5. The summed E-state index contributed by atoms with van der Waals surface area (Å²) in [6.07, 6.45) is 2.69. The van der Waals surface area contributed by atoms with Crippen molar-refractivity contribution in [1.82, 2.24) is 9.80 Å². The zero-order valence-corrected chi connectivity index (χ0v) is 12.0. The molecule has 4 nitrogen and oxygen atoms in total. The maximum Gasteiger partial charge on any atom is 0.237 e. The van der Waals surface area contributed by atoms with Gasteiger partial charge in [0.1, 0.15) is 6.04 Å². The predicted octanol–water partition coefficient (Wildman–Crippen LogP) is 1.68. The fraction of sp³-hybridized carbons (Fsp3) is 0.500. The van der Waals surface area contributed by atoms with Crippen LogP contribution in [0.15, 0.2) is 30.3 Å². The minimum absolute atomic E-state index is 0.0737. The van der Waals surface area contributed by atoms with E-state index in [1.807, 2.05) is 30.1 Å². The van der Waals surface area contributed by atoms with E-state index in [4.69, 9.17) is 5.26 Å². The monoisotopic (exact) mass is 271 g/mol. The van der Waals surface area contributed by atoms with Crippen LogP contribution in [-0.2, 0) is 11.2 Å². The molecule has 1 fully saturated rings. The van der Waals surface area contributed by atoms with Gasteiger partial charge in [0, 0.05) is 13.1 Å². The number of carbonyl (C=O) groups is 1. The third-order valence-corrected chi connectivity index (χ3v) is 3.75. The van der Waals surface area contributed by atoms with Crippen LogP contribution in [-0.4, -0.2) is 48.4 Å². The summed E-state index contributed by atoms with van der Waals surface area (Å²) < 4.78 is 0. The summed E-state index contributed by atoms with van der Waals surface area (Å²) in [4.78, 5) is 15.9. The molecule has 0 saturated carbocycles. The molecule has 1 amide bonds. The van der Waals surface area contributed by atoms with Gasteiger partial charge in [-0.25, -0.2) is 0 Å². The van der Waals surface area contributed by atoms with E-state index < -0.39 is 0 Å². The second-order valence-electron chi connectivity index (χ2n) is 5.35. The third-order valence-electron chi connectivity index (χ3n) is 3.75. The highest BCUT2D eigenvalue weighted by Gasteiger charge is 2.28. The van der Waals surface area contributed by atoms with Crippen molar-refractivity contribution in [2.75, 3.05) is 26.7 Å². The Balaban J connectivity index is 1.78. The molecule has 0 N–H and O–H groups in total. The minimum atomic E-state index is -0.218. The quantitative estimate of drug-likeness (QED) is 0.818. The lowest BCUT2D eigenvalue weighted by atomic mass is 10.1. The number of hydrogen-bond donors (Lipinski definition) is 0. The van der Waals surface area contributed by atoms with Gasteiger partial charge in [0.05, 0.1) is 12.6 Å². The molecule has 1 aliphatic rings. The molecule has 1 aromatic rings. The van der Waals surface area contributed by atoms with Crippen molar-refractivity contribution in [2.24, 2.45) is 0 Å². The Morgan fingerprint density at radius 1 is 1.45 bits per heavy atom. The van der Waals surface area contributed by atoms with E-state index in [9.17, 15) is 4.79 Å². The van der Waals surface area contributed by atoms with Gasteiger partial charge in [0.15, 0.2) is 0 Å². The predicted molar refractivity (Wildman–Crippen MR) is 78.0 cm³/mol. The number of amides is 1. The molecule has 20 heavy (non-hydrogen) atoms. The highest BCUT2D eigenvalue weighted by molar-refractivity contribution is 5.79. The minimum Gasteiger partial charge on any atom is -0.326 e.